The number of carbonyl (C=O) groups excluding carboxylic acids is 1. The van der Waals surface area contributed by atoms with Crippen LogP contribution < -0.4 is 10.6 Å². The molecule has 1 amide bonds. The van der Waals surface area contributed by atoms with Crippen molar-refractivity contribution in [2.45, 2.75) is 65.5 Å². The number of guanidine groups is 1. The number of likely N-dealkylation sites (tertiary alicyclic amines) is 1. The van der Waals surface area contributed by atoms with Crippen LogP contribution in [-0.4, -0.2) is 68.5 Å². The molecule has 1 aliphatic rings. The van der Waals surface area contributed by atoms with Crippen LogP contribution in [0.3, 0.4) is 0 Å². The second kappa shape index (κ2) is 14.0. The third kappa shape index (κ3) is 9.21. The average molecular weight is 437 g/mol. The summed E-state index contributed by atoms with van der Waals surface area (Å²) in [6, 6.07) is 4.15. The molecule has 1 aromatic rings. The van der Waals surface area contributed by atoms with Gasteiger partial charge in [0.2, 0.25) is 0 Å². The van der Waals surface area contributed by atoms with E-state index >= 15 is 0 Å². The Labute approximate surface area is 186 Å². The Morgan fingerprint density at radius 2 is 2.06 bits per heavy atom. The number of hydrogen-bond acceptors (Lipinski definition) is 5. The number of piperidine rings is 1. The van der Waals surface area contributed by atoms with Crippen LogP contribution in [0.1, 0.15) is 52.7 Å². The topological polar surface area (TPSA) is 88.3 Å². The summed E-state index contributed by atoms with van der Waals surface area (Å²) in [6.45, 7) is 12.2. The van der Waals surface area contributed by atoms with Gasteiger partial charge in [-0.15, -0.1) is 0 Å². The molecule has 31 heavy (non-hydrogen) atoms. The van der Waals surface area contributed by atoms with Crippen LogP contribution in [0.25, 0.3) is 0 Å². The first-order valence-electron chi connectivity index (χ1n) is 11.6. The molecule has 176 valence electrons. The predicted molar refractivity (Wildman–Crippen MR) is 122 cm³/mol. The zero-order chi connectivity index (χ0) is 22.5. The number of ether oxygens (including phenoxy) is 2. The Bertz CT molecular complexity index is 640. The van der Waals surface area contributed by atoms with Gasteiger partial charge in [0.05, 0.1) is 19.0 Å². The van der Waals surface area contributed by atoms with Crippen molar-refractivity contribution in [1.29, 1.82) is 0 Å². The summed E-state index contributed by atoms with van der Waals surface area (Å²) in [4.78, 5) is 18.5. The molecular formula is C23H40N4O4. The lowest BCUT2D eigenvalue weighted by atomic mass is 10.0. The maximum Gasteiger partial charge on any atom is 0.409 e. The summed E-state index contributed by atoms with van der Waals surface area (Å²) in [5, 5.41) is 6.98. The number of nitrogens with zero attached hydrogens (tertiary/aromatic N) is 2. The van der Waals surface area contributed by atoms with Gasteiger partial charge in [-0.05, 0) is 51.2 Å². The molecule has 0 radical (unpaired) electrons. The van der Waals surface area contributed by atoms with Crippen molar-refractivity contribution in [3.05, 3.63) is 24.2 Å². The number of amides is 1. The summed E-state index contributed by atoms with van der Waals surface area (Å²) >= 11 is 0. The molecule has 0 aliphatic carbocycles. The van der Waals surface area contributed by atoms with Gasteiger partial charge in [-0.2, -0.15) is 0 Å². The number of furan rings is 1. The minimum atomic E-state index is -0.220. The van der Waals surface area contributed by atoms with Crippen LogP contribution in [-0.2, 0) is 15.9 Å². The van der Waals surface area contributed by atoms with Crippen molar-refractivity contribution in [3.63, 3.8) is 0 Å². The van der Waals surface area contributed by atoms with Crippen molar-refractivity contribution in [1.82, 2.24) is 15.5 Å². The third-order valence-electron chi connectivity index (χ3n) is 5.41. The molecule has 0 bridgehead atoms. The standard InChI is InChI=1S/C23H40N4O4/c1-5-29-21(18(3)4)10-14-25-22(24-13-9-20-8-7-17-31-20)26-19-11-15-27(16-12-19)23(28)30-6-2/h7-8,17-19,21H,5-6,9-16H2,1-4H3,(H2,24,25,26). The van der Waals surface area contributed by atoms with Crippen LogP contribution in [0.5, 0.6) is 0 Å². The van der Waals surface area contributed by atoms with Crippen LogP contribution >= 0.6 is 0 Å². The van der Waals surface area contributed by atoms with Gasteiger partial charge in [0.1, 0.15) is 5.76 Å². The first kappa shape index (κ1) is 25.0. The fourth-order valence-corrected chi connectivity index (χ4v) is 3.65. The molecule has 2 heterocycles. The molecule has 2 rings (SSSR count). The van der Waals surface area contributed by atoms with Crippen molar-refractivity contribution in [2.75, 3.05) is 39.4 Å². The van der Waals surface area contributed by atoms with E-state index in [0.29, 0.717) is 32.2 Å². The fraction of sp³-hybridized carbons (Fsp3) is 0.739. The quantitative estimate of drug-likeness (QED) is 0.408. The number of hydrogen-bond donors (Lipinski definition) is 2. The zero-order valence-electron chi connectivity index (χ0n) is 19.6. The van der Waals surface area contributed by atoms with Gasteiger partial charge < -0.3 is 29.4 Å². The molecule has 0 spiro atoms. The Morgan fingerprint density at radius 1 is 1.29 bits per heavy atom. The zero-order valence-corrected chi connectivity index (χ0v) is 19.6. The molecule has 1 saturated heterocycles. The second-order valence-electron chi connectivity index (χ2n) is 8.12. The molecule has 1 aliphatic heterocycles. The summed E-state index contributed by atoms with van der Waals surface area (Å²) in [5.41, 5.74) is 0. The van der Waals surface area contributed by atoms with Gasteiger partial charge in [-0.1, -0.05) is 13.8 Å². The average Bonchev–Trinajstić information content (AvgIpc) is 3.27. The minimum absolute atomic E-state index is 0.214. The molecule has 8 heteroatoms. The van der Waals surface area contributed by atoms with Crippen LogP contribution in [0.15, 0.2) is 27.8 Å². The van der Waals surface area contributed by atoms with E-state index in [9.17, 15) is 4.79 Å². The highest BCUT2D eigenvalue weighted by Gasteiger charge is 2.24. The Morgan fingerprint density at radius 3 is 2.68 bits per heavy atom. The molecule has 0 saturated carbocycles. The lowest BCUT2D eigenvalue weighted by Crippen LogP contribution is -2.50. The summed E-state index contributed by atoms with van der Waals surface area (Å²) in [7, 11) is 0. The van der Waals surface area contributed by atoms with Crippen LogP contribution in [0.2, 0.25) is 0 Å². The monoisotopic (exact) mass is 436 g/mol. The number of nitrogens with one attached hydrogen (secondary N) is 2. The first-order valence-corrected chi connectivity index (χ1v) is 11.6. The molecule has 0 aromatic carbocycles. The van der Waals surface area contributed by atoms with Crippen LogP contribution in [0.4, 0.5) is 4.79 Å². The van der Waals surface area contributed by atoms with Gasteiger partial charge in [0, 0.05) is 45.2 Å². The van der Waals surface area contributed by atoms with Crippen molar-refractivity contribution >= 4 is 12.1 Å². The molecular weight excluding hydrogens is 396 g/mol. The maximum atomic E-state index is 11.9. The van der Waals surface area contributed by atoms with Crippen molar-refractivity contribution in [2.24, 2.45) is 10.9 Å². The molecule has 1 aromatic heterocycles. The van der Waals surface area contributed by atoms with E-state index in [2.05, 4.69) is 24.5 Å². The maximum absolute atomic E-state index is 11.9. The molecule has 1 unspecified atom stereocenters. The lowest BCUT2D eigenvalue weighted by Gasteiger charge is -2.32. The molecule has 1 fully saturated rings. The fourth-order valence-electron chi connectivity index (χ4n) is 3.65. The number of rotatable bonds is 11. The minimum Gasteiger partial charge on any atom is -0.469 e. The Kier molecular flexibility index (Phi) is 11.3. The van der Waals surface area contributed by atoms with E-state index < -0.39 is 0 Å². The largest absolute Gasteiger partial charge is 0.469 e. The summed E-state index contributed by atoms with van der Waals surface area (Å²) in [6.07, 6.45) is 5.10. The smallest absolute Gasteiger partial charge is 0.409 e. The van der Waals surface area contributed by atoms with Gasteiger partial charge in [-0.3, -0.25) is 4.99 Å². The van der Waals surface area contributed by atoms with Gasteiger partial charge in [0.15, 0.2) is 5.96 Å². The third-order valence-corrected chi connectivity index (χ3v) is 5.41. The molecule has 2 N–H and O–H groups in total. The molecule has 1 atom stereocenters. The Hall–Kier alpha value is -2.22. The highest BCUT2D eigenvalue weighted by Crippen LogP contribution is 2.13. The first-order chi connectivity index (χ1) is 15.0. The van der Waals surface area contributed by atoms with E-state index in [1.807, 2.05) is 26.0 Å². The van der Waals surface area contributed by atoms with E-state index in [-0.39, 0.29) is 18.2 Å². The van der Waals surface area contributed by atoms with Crippen molar-refractivity contribution in [3.8, 4) is 0 Å². The van der Waals surface area contributed by atoms with E-state index in [1.165, 1.54) is 0 Å². The highest BCUT2D eigenvalue weighted by atomic mass is 16.6. The number of aliphatic imine (C=N–C) groups is 1. The second-order valence-corrected chi connectivity index (χ2v) is 8.12. The van der Waals surface area contributed by atoms with Gasteiger partial charge in [-0.25, -0.2) is 4.79 Å². The normalized spacial score (nSPS) is 16.4. The van der Waals surface area contributed by atoms with E-state index in [1.54, 1.807) is 11.2 Å². The SMILES string of the molecule is CCOC(=O)N1CCC(NC(=NCCC(OCC)C(C)C)NCCc2ccco2)CC1. The summed E-state index contributed by atoms with van der Waals surface area (Å²) in [5.74, 6) is 2.22. The van der Waals surface area contributed by atoms with Gasteiger partial charge >= 0.3 is 6.09 Å². The highest BCUT2D eigenvalue weighted by molar-refractivity contribution is 5.80. The predicted octanol–water partition coefficient (Wildman–Crippen LogP) is 3.43. The van der Waals surface area contributed by atoms with Crippen LogP contribution in [0, 0.1) is 5.92 Å². The van der Waals surface area contributed by atoms with E-state index in [0.717, 1.165) is 50.6 Å². The van der Waals surface area contributed by atoms with E-state index in [4.69, 9.17) is 18.9 Å². The lowest BCUT2D eigenvalue weighted by molar-refractivity contribution is 0.0266. The summed E-state index contributed by atoms with van der Waals surface area (Å²) < 4.78 is 16.4. The van der Waals surface area contributed by atoms with Crippen molar-refractivity contribution < 1.29 is 18.7 Å². The Balaban J connectivity index is 1.88. The number of carbonyl (C=O) groups is 1. The van der Waals surface area contributed by atoms with Gasteiger partial charge in [0.25, 0.3) is 0 Å². The molecule has 8 nitrogen and oxygen atoms in total.